The van der Waals surface area contributed by atoms with E-state index in [4.69, 9.17) is 4.74 Å². The lowest BCUT2D eigenvalue weighted by Crippen LogP contribution is -2.57. The second kappa shape index (κ2) is 9.65. The van der Waals surface area contributed by atoms with E-state index >= 15 is 0 Å². The van der Waals surface area contributed by atoms with E-state index in [0.29, 0.717) is 18.7 Å². The van der Waals surface area contributed by atoms with Crippen LogP contribution in [-0.4, -0.2) is 64.2 Å². The SMILES string of the molecule is CCCNC(=O)[C@@H]1[C@H]2C(=O)N([C@@H](CO)C(C)C)C(C(=O)Nc3ccc4ccccc4c3)C23CC(C)[C@@]1(C)O3. The number of fused-ring (bicyclic) bond motifs is 2. The Kier molecular flexibility index (Phi) is 6.76. The summed E-state index contributed by atoms with van der Waals surface area (Å²) in [5, 5.41) is 18.4. The Morgan fingerprint density at radius 2 is 1.87 bits per heavy atom. The molecule has 3 aliphatic heterocycles. The Labute approximate surface area is 224 Å². The van der Waals surface area contributed by atoms with Gasteiger partial charge >= 0.3 is 0 Å². The van der Waals surface area contributed by atoms with Gasteiger partial charge in [-0.3, -0.25) is 14.4 Å². The fourth-order valence-electron chi connectivity index (χ4n) is 7.19. The zero-order valence-electron chi connectivity index (χ0n) is 22.9. The average molecular weight is 522 g/mol. The second-order valence-electron chi connectivity index (χ2n) is 11.8. The van der Waals surface area contributed by atoms with Gasteiger partial charge in [-0.05, 0) is 54.5 Å². The van der Waals surface area contributed by atoms with Crippen LogP contribution in [0.2, 0.25) is 0 Å². The number of nitrogens with zero attached hydrogens (tertiary/aromatic N) is 1. The number of hydrogen-bond donors (Lipinski definition) is 3. The molecule has 2 bridgehead atoms. The van der Waals surface area contributed by atoms with Crippen molar-refractivity contribution in [3.8, 4) is 0 Å². The number of nitrogens with one attached hydrogen (secondary N) is 2. The number of aliphatic hydroxyl groups excluding tert-OH is 1. The first kappa shape index (κ1) is 26.6. The molecule has 2 aromatic rings. The standard InChI is InChI=1S/C30H39N3O5/c1-6-13-31-26(35)23-24-28(37)33(22(16-34)17(2)3)25(30(24)15-18(4)29(23,5)38-30)27(36)32-21-12-11-19-9-7-8-10-20(19)14-21/h7-12,14,17-18,22-25,34H,6,13,15-16H2,1-5H3,(H,31,35)(H,32,36)/t18?,22-,23-,24-,25?,29+,30?/m0/s1. The minimum absolute atomic E-state index is 0.0357. The van der Waals surface area contributed by atoms with Gasteiger partial charge < -0.3 is 25.4 Å². The van der Waals surface area contributed by atoms with Crippen LogP contribution < -0.4 is 10.6 Å². The van der Waals surface area contributed by atoms with Crippen LogP contribution in [-0.2, 0) is 19.1 Å². The number of carbonyl (C=O) groups is 3. The van der Waals surface area contributed by atoms with E-state index in [1.165, 1.54) is 4.90 Å². The van der Waals surface area contributed by atoms with Crippen LogP contribution in [0.5, 0.6) is 0 Å². The van der Waals surface area contributed by atoms with Crippen molar-refractivity contribution in [2.45, 2.75) is 70.7 Å². The molecule has 0 aromatic heterocycles. The molecule has 38 heavy (non-hydrogen) atoms. The zero-order valence-corrected chi connectivity index (χ0v) is 22.9. The Morgan fingerprint density at radius 3 is 2.53 bits per heavy atom. The van der Waals surface area contributed by atoms with Crippen LogP contribution in [0.15, 0.2) is 42.5 Å². The maximum absolute atomic E-state index is 14.2. The minimum Gasteiger partial charge on any atom is -0.394 e. The molecule has 3 N–H and O–H groups in total. The Hall–Kier alpha value is -2.97. The molecule has 2 aromatic carbocycles. The Morgan fingerprint density at radius 1 is 1.16 bits per heavy atom. The number of anilines is 1. The maximum Gasteiger partial charge on any atom is 0.250 e. The largest absolute Gasteiger partial charge is 0.394 e. The van der Waals surface area contributed by atoms with Crippen molar-refractivity contribution in [2.75, 3.05) is 18.5 Å². The summed E-state index contributed by atoms with van der Waals surface area (Å²) in [6.07, 6.45) is 1.26. The monoisotopic (exact) mass is 521 g/mol. The number of aliphatic hydroxyl groups is 1. The highest BCUT2D eigenvalue weighted by molar-refractivity contribution is 6.04. The summed E-state index contributed by atoms with van der Waals surface area (Å²) < 4.78 is 6.75. The summed E-state index contributed by atoms with van der Waals surface area (Å²) in [4.78, 5) is 43.4. The molecular weight excluding hydrogens is 482 g/mol. The molecule has 3 amide bonds. The number of benzene rings is 2. The number of hydrogen-bond acceptors (Lipinski definition) is 5. The van der Waals surface area contributed by atoms with Gasteiger partial charge in [0.15, 0.2) is 0 Å². The summed E-state index contributed by atoms with van der Waals surface area (Å²) in [6.45, 7) is 9.98. The normalized spacial score (nSPS) is 32.6. The molecule has 5 rings (SSSR count). The number of ether oxygens (including phenoxy) is 1. The van der Waals surface area contributed by atoms with Crippen LogP contribution in [0, 0.1) is 23.7 Å². The van der Waals surface area contributed by atoms with Crippen LogP contribution >= 0.6 is 0 Å². The molecule has 0 aliphatic carbocycles. The van der Waals surface area contributed by atoms with Crippen molar-refractivity contribution < 1.29 is 24.2 Å². The molecule has 0 saturated carbocycles. The lowest BCUT2D eigenvalue weighted by atomic mass is 9.62. The highest BCUT2D eigenvalue weighted by Gasteiger charge is 2.80. The summed E-state index contributed by atoms with van der Waals surface area (Å²) in [5.41, 5.74) is -1.39. The quantitative estimate of drug-likeness (QED) is 0.494. The number of likely N-dealkylation sites (tertiary alicyclic amines) is 1. The van der Waals surface area contributed by atoms with Crippen molar-refractivity contribution in [2.24, 2.45) is 23.7 Å². The highest BCUT2D eigenvalue weighted by atomic mass is 16.5. The molecule has 8 nitrogen and oxygen atoms in total. The Balaban J connectivity index is 1.57. The molecule has 1 spiro atoms. The van der Waals surface area contributed by atoms with Crippen molar-refractivity contribution in [3.63, 3.8) is 0 Å². The average Bonchev–Trinajstić information content (AvgIpc) is 3.39. The number of amides is 3. The van der Waals surface area contributed by atoms with Gasteiger partial charge in [-0.15, -0.1) is 0 Å². The molecule has 7 atom stereocenters. The van der Waals surface area contributed by atoms with E-state index in [0.717, 1.165) is 17.2 Å². The molecule has 3 aliphatic rings. The van der Waals surface area contributed by atoms with Gasteiger partial charge in [0, 0.05) is 12.2 Å². The van der Waals surface area contributed by atoms with E-state index in [1.807, 2.05) is 77.1 Å². The molecular formula is C30H39N3O5. The highest BCUT2D eigenvalue weighted by Crippen LogP contribution is 2.65. The maximum atomic E-state index is 14.2. The molecule has 3 saturated heterocycles. The first-order valence-corrected chi connectivity index (χ1v) is 13.8. The van der Waals surface area contributed by atoms with E-state index in [9.17, 15) is 19.5 Å². The van der Waals surface area contributed by atoms with Gasteiger partial charge in [0.1, 0.15) is 11.6 Å². The van der Waals surface area contributed by atoms with E-state index in [2.05, 4.69) is 10.6 Å². The Bertz CT molecular complexity index is 1260. The topological polar surface area (TPSA) is 108 Å². The van der Waals surface area contributed by atoms with Crippen LogP contribution in [0.25, 0.3) is 10.8 Å². The molecule has 3 fully saturated rings. The lowest BCUT2D eigenvalue weighted by Gasteiger charge is -2.38. The van der Waals surface area contributed by atoms with Gasteiger partial charge in [0.2, 0.25) is 17.7 Å². The predicted molar refractivity (Wildman–Crippen MR) is 145 cm³/mol. The lowest BCUT2D eigenvalue weighted by molar-refractivity contribution is -0.150. The fourth-order valence-corrected chi connectivity index (χ4v) is 7.19. The van der Waals surface area contributed by atoms with E-state index in [-0.39, 0.29) is 36.2 Å². The molecule has 204 valence electrons. The zero-order chi connectivity index (χ0) is 27.4. The molecule has 3 heterocycles. The second-order valence-corrected chi connectivity index (χ2v) is 11.8. The third kappa shape index (κ3) is 3.83. The van der Waals surface area contributed by atoms with Gasteiger partial charge in [0.25, 0.3) is 0 Å². The molecule has 3 unspecified atom stereocenters. The summed E-state index contributed by atoms with van der Waals surface area (Å²) >= 11 is 0. The number of rotatable bonds is 8. The summed E-state index contributed by atoms with van der Waals surface area (Å²) in [6, 6.07) is 12.0. The number of carbonyl (C=O) groups excluding carboxylic acids is 3. The van der Waals surface area contributed by atoms with Gasteiger partial charge in [-0.2, -0.15) is 0 Å². The van der Waals surface area contributed by atoms with E-state index in [1.54, 1.807) is 0 Å². The van der Waals surface area contributed by atoms with Crippen molar-refractivity contribution in [3.05, 3.63) is 42.5 Å². The van der Waals surface area contributed by atoms with E-state index < -0.39 is 35.1 Å². The van der Waals surface area contributed by atoms with Gasteiger partial charge in [0.05, 0.1) is 30.1 Å². The van der Waals surface area contributed by atoms with Crippen molar-refractivity contribution in [1.82, 2.24) is 10.2 Å². The third-order valence-corrected chi connectivity index (χ3v) is 9.16. The van der Waals surface area contributed by atoms with Crippen LogP contribution in [0.3, 0.4) is 0 Å². The predicted octanol–water partition coefficient (Wildman–Crippen LogP) is 3.33. The first-order valence-electron chi connectivity index (χ1n) is 13.8. The van der Waals surface area contributed by atoms with Gasteiger partial charge in [-0.25, -0.2) is 0 Å². The van der Waals surface area contributed by atoms with Crippen LogP contribution in [0.1, 0.15) is 47.5 Å². The van der Waals surface area contributed by atoms with Crippen LogP contribution in [0.4, 0.5) is 5.69 Å². The third-order valence-electron chi connectivity index (χ3n) is 9.16. The van der Waals surface area contributed by atoms with Crippen molar-refractivity contribution in [1.29, 1.82) is 0 Å². The molecule has 8 heteroatoms. The first-order chi connectivity index (χ1) is 18.1. The fraction of sp³-hybridized carbons (Fsp3) is 0.567. The summed E-state index contributed by atoms with van der Waals surface area (Å²) in [5.74, 6) is -2.50. The summed E-state index contributed by atoms with van der Waals surface area (Å²) in [7, 11) is 0. The minimum atomic E-state index is -1.15. The van der Waals surface area contributed by atoms with Gasteiger partial charge in [-0.1, -0.05) is 58.0 Å². The smallest absolute Gasteiger partial charge is 0.250 e. The molecule has 0 radical (unpaired) electrons. The van der Waals surface area contributed by atoms with Crippen molar-refractivity contribution >= 4 is 34.2 Å².